The summed E-state index contributed by atoms with van der Waals surface area (Å²) in [4.78, 5) is 28.5. The molecule has 2 aromatic rings. The number of nitrogens with zero attached hydrogens (tertiary/aromatic N) is 3. The zero-order chi connectivity index (χ0) is 22.5. The fraction of sp³-hybridized carbons (Fsp3) is 0.421. The summed E-state index contributed by atoms with van der Waals surface area (Å²) in [5.41, 5.74) is 1.27. The Hall–Kier alpha value is -3.24. The van der Waals surface area contributed by atoms with Crippen molar-refractivity contribution in [3.8, 4) is 5.88 Å². The zero-order valence-corrected chi connectivity index (χ0v) is 16.9. The van der Waals surface area contributed by atoms with Crippen LogP contribution in [0.3, 0.4) is 0 Å². The normalized spacial score (nSPS) is 12.4. The molecule has 0 spiro atoms. The van der Waals surface area contributed by atoms with Gasteiger partial charge >= 0.3 is 6.18 Å². The van der Waals surface area contributed by atoms with Crippen LogP contribution < -0.4 is 15.4 Å². The van der Waals surface area contributed by atoms with Gasteiger partial charge in [-0.15, -0.1) is 10.2 Å². The van der Waals surface area contributed by atoms with Crippen molar-refractivity contribution in [2.45, 2.75) is 39.9 Å². The van der Waals surface area contributed by atoms with Gasteiger partial charge in [0.25, 0.3) is 5.91 Å². The molecule has 2 aromatic heterocycles. The summed E-state index contributed by atoms with van der Waals surface area (Å²) in [6, 6.07) is 5.30. The molecule has 2 amide bonds. The molecule has 0 aliphatic rings. The fourth-order valence-electron chi connectivity index (χ4n) is 2.31. The number of aromatic nitrogens is 3. The van der Waals surface area contributed by atoms with Crippen LogP contribution in [-0.4, -0.2) is 39.8 Å². The molecule has 0 saturated heterocycles. The highest BCUT2D eigenvalue weighted by atomic mass is 19.4. The first-order chi connectivity index (χ1) is 13.9. The van der Waals surface area contributed by atoms with Crippen molar-refractivity contribution in [3.63, 3.8) is 0 Å². The first-order valence-electron chi connectivity index (χ1n) is 9.08. The number of hydrogen-bond acceptors (Lipinski definition) is 6. The Morgan fingerprint density at radius 1 is 1.13 bits per heavy atom. The van der Waals surface area contributed by atoms with Crippen LogP contribution in [0.2, 0.25) is 0 Å². The molecule has 30 heavy (non-hydrogen) atoms. The molecule has 2 N–H and O–H groups in total. The van der Waals surface area contributed by atoms with E-state index in [2.05, 4.69) is 30.6 Å². The van der Waals surface area contributed by atoms with E-state index in [9.17, 15) is 22.8 Å². The van der Waals surface area contributed by atoms with Crippen molar-refractivity contribution >= 4 is 17.6 Å². The number of anilines is 1. The largest absolute Gasteiger partial charge is 0.467 e. The minimum absolute atomic E-state index is 0.0830. The van der Waals surface area contributed by atoms with Gasteiger partial charge in [-0.1, -0.05) is 13.8 Å². The van der Waals surface area contributed by atoms with Crippen LogP contribution in [0.5, 0.6) is 5.88 Å². The summed E-state index contributed by atoms with van der Waals surface area (Å²) in [5, 5.41) is 12.5. The lowest BCUT2D eigenvalue weighted by Crippen LogP contribution is -2.28. The van der Waals surface area contributed by atoms with E-state index in [4.69, 9.17) is 0 Å². The number of nitrogens with one attached hydrogen (secondary N) is 2. The zero-order valence-electron chi connectivity index (χ0n) is 16.9. The number of carbonyl (C=O) groups excluding carboxylic acids is 2. The van der Waals surface area contributed by atoms with Crippen LogP contribution in [0, 0.1) is 12.8 Å². The summed E-state index contributed by atoms with van der Waals surface area (Å²) in [5.74, 6) is -0.934. The summed E-state index contributed by atoms with van der Waals surface area (Å²) >= 11 is 0. The highest BCUT2D eigenvalue weighted by molar-refractivity contribution is 5.92. The molecule has 162 valence electrons. The van der Waals surface area contributed by atoms with Crippen LogP contribution in [-0.2, 0) is 4.79 Å². The third-order valence-corrected chi connectivity index (χ3v) is 3.86. The maximum Gasteiger partial charge on any atom is 0.422 e. The van der Waals surface area contributed by atoms with Gasteiger partial charge in [0.15, 0.2) is 12.3 Å². The van der Waals surface area contributed by atoms with Crippen LogP contribution >= 0.6 is 0 Å². The molecule has 2 heterocycles. The highest BCUT2D eigenvalue weighted by Crippen LogP contribution is 2.19. The SMILES string of the molecule is Cc1cc(C(C)NC(=O)c2ccc(OCC(F)(F)F)nn2)cc(NC(=O)C(C)C)n1. The van der Waals surface area contributed by atoms with Gasteiger partial charge in [-0.25, -0.2) is 4.98 Å². The summed E-state index contributed by atoms with van der Waals surface area (Å²) in [6.45, 7) is 5.51. The monoisotopic (exact) mass is 425 g/mol. The van der Waals surface area contributed by atoms with Crippen LogP contribution in [0.1, 0.15) is 48.6 Å². The average Bonchev–Trinajstić information content (AvgIpc) is 2.65. The first kappa shape index (κ1) is 23.0. The van der Waals surface area contributed by atoms with Crippen molar-refractivity contribution < 1.29 is 27.5 Å². The molecule has 1 unspecified atom stereocenters. The Labute approximate surface area is 171 Å². The molecule has 0 bridgehead atoms. The standard InChI is InChI=1S/C19H22F3N5O3/c1-10(2)17(28)25-15-8-13(7-11(3)23-15)12(4)24-18(29)14-5-6-16(27-26-14)30-9-19(20,21)22/h5-8,10,12H,9H2,1-4H3,(H,24,29)(H,23,25,28). The lowest BCUT2D eigenvalue weighted by atomic mass is 10.1. The van der Waals surface area contributed by atoms with E-state index in [0.717, 1.165) is 6.07 Å². The molecule has 0 saturated carbocycles. The maximum absolute atomic E-state index is 12.4. The average molecular weight is 425 g/mol. The van der Waals surface area contributed by atoms with Crippen LogP contribution in [0.4, 0.5) is 19.0 Å². The Morgan fingerprint density at radius 3 is 2.40 bits per heavy atom. The number of carbonyl (C=O) groups is 2. The summed E-state index contributed by atoms with van der Waals surface area (Å²) in [6.07, 6.45) is -4.50. The smallest absolute Gasteiger partial charge is 0.422 e. The third kappa shape index (κ3) is 6.98. The van der Waals surface area contributed by atoms with Crippen molar-refractivity contribution in [2.24, 2.45) is 5.92 Å². The number of rotatable bonds is 7. The highest BCUT2D eigenvalue weighted by Gasteiger charge is 2.28. The van der Waals surface area contributed by atoms with E-state index < -0.39 is 24.7 Å². The van der Waals surface area contributed by atoms with Crippen molar-refractivity contribution in [1.82, 2.24) is 20.5 Å². The van der Waals surface area contributed by atoms with E-state index in [1.165, 1.54) is 6.07 Å². The molecular weight excluding hydrogens is 403 g/mol. The number of hydrogen-bond donors (Lipinski definition) is 2. The summed E-state index contributed by atoms with van der Waals surface area (Å²) < 4.78 is 40.9. The quantitative estimate of drug-likeness (QED) is 0.706. The number of aryl methyl sites for hydroxylation is 1. The molecule has 11 heteroatoms. The van der Waals surface area contributed by atoms with Gasteiger partial charge in [0.05, 0.1) is 6.04 Å². The predicted molar refractivity (Wildman–Crippen MR) is 102 cm³/mol. The van der Waals surface area contributed by atoms with Crippen molar-refractivity contribution in [2.75, 3.05) is 11.9 Å². The second kappa shape index (κ2) is 9.51. The molecule has 8 nitrogen and oxygen atoms in total. The second-order valence-electron chi connectivity index (χ2n) is 6.93. The topological polar surface area (TPSA) is 106 Å². The minimum Gasteiger partial charge on any atom is -0.467 e. The van der Waals surface area contributed by atoms with Crippen molar-refractivity contribution in [1.29, 1.82) is 0 Å². The van der Waals surface area contributed by atoms with Gasteiger partial charge < -0.3 is 15.4 Å². The van der Waals surface area contributed by atoms with Gasteiger partial charge in [0.2, 0.25) is 11.8 Å². The number of ether oxygens (including phenoxy) is 1. The van der Waals surface area contributed by atoms with Crippen molar-refractivity contribution in [3.05, 3.63) is 41.2 Å². The molecule has 0 aliphatic carbocycles. The maximum atomic E-state index is 12.4. The van der Waals surface area contributed by atoms with E-state index in [-0.39, 0.29) is 23.4 Å². The molecule has 0 fully saturated rings. The molecular formula is C19H22F3N5O3. The van der Waals surface area contributed by atoms with E-state index in [0.29, 0.717) is 17.1 Å². The predicted octanol–water partition coefficient (Wildman–Crippen LogP) is 3.21. The first-order valence-corrected chi connectivity index (χ1v) is 9.08. The van der Waals surface area contributed by atoms with E-state index >= 15 is 0 Å². The Kier molecular flexibility index (Phi) is 7.30. The van der Waals surface area contributed by atoms with Gasteiger partial charge in [-0.3, -0.25) is 9.59 Å². The summed E-state index contributed by atoms with van der Waals surface area (Å²) in [7, 11) is 0. The fourth-order valence-corrected chi connectivity index (χ4v) is 2.31. The molecule has 2 rings (SSSR count). The second-order valence-corrected chi connectivity index (χ2v) is 6.93. The van der Waals surface area contributed by atoms with Gasteiger partial charge in [-0.05, 0) is 37.6 Å². The molecule has 0 radical (unpaired) electrons. The molecule has 1 atom stereocenters. The Bertz CT molecular complexity index is 901. The number of pyridine rings is 1. The number of halogens is 3. The van der Waals surface area contributed by atoms with E-state index in [1.54, 1.807) is 39.8 Å². The lowest BCUT2D eigenvalue weighted by Gasteiger charge is -2.16. The van der Waals surface area contributed by atoms with Gasteiger partial charge in [0, 0.05) is 17.7 Å². The lowest BCUT2D eigenvalue weighted by molar-refractivity contribution is -0.154. The van der Waals surface area contributed by atoms with E-state index in [1.807, 2.05) is 0 Å². The van der Waals surface area contributed by atoms with Crippen LogP contribution in [0.25, 0.3) is 0 Å². The van der Waals surface area contributed by atoms with Gasteiger partial charge in [0.1, 0.15) is 5.82 Å². The Balaban J connectivity index is 2.04. The number of alkyl halides is 3. The molecule has 0 aromatic carbocycles. The van der Waals surface area contributed by atoms with Gasteiger partial charge in [-0.2, -0.15) is 13.2 Å². The third-order valence-electron chi connectivity index (χ3n) is 3.86. The Morgan fingerprint density at radius 2 is 1.83 bits per heavy atom. The number of amides is 2. The molecule has 0 aliphatic heterocycles. The van der Waals surface area contributed by atoms with Crippen LogP contribution in [0.15, 0.2) is 24.3 Å². The minimum atomic E-state index is -4.50.